The molecule has 0 saturated carbocycles. The van der Waals surface area contributed by atoms with Crippen LogP contribution in [-0.4, -0.2) is 15.8 Å². The molecule has 116 valence electrons. The highest BCUT2D eigenvalue weighted by Crippen LogP contribution is 2.32. The van der Waals surface area contributed by atoms with Gasteiger partial charge in [0, 0.05) is 44.7 Å². The Morgan fingerprint density at radius 1 is 0.958 bits per heavy atom. The number of hydrogen-bond donors (Lipinski definition) is 0. The Balaban J connectivity index is 2.10. The standard InChI is InChI=1S/C20H13ClN2O/c1-12(24)14-4-7-16-18-11-22-9-8-17(18)20(23-19(16)10-14)13-2-5-15(21)6-3-13/h2-11H,1H3. The van der Waals surface area contributed by atoms with Crippen molar-refractivity contribution < 1.29 is 4.79 Å². The van der Waals surface area contributed by atoms with E-state index in [4.69, 9.17) is 16.6 Å². The third kappa shape index (κ3) is 2.43. The van der Waals surface area contributed by atoms with Crippen molar-refractivity contribution in [1.29, 1.82) is 0 Å². The zero-order valence-corrected chi connectivity index (χ0v) is 13.7. The van der Waals surface area contributed by atoms with Gasteiger partial charge in [-0.1, -0.05) is 35.9 Å². The highest BCUT2D eigenvalue weighted by atomic mass is 35.5. The summed E-state index contributed by atoms with van der Waals surface area (Å²) in [6, 6.07) is 15.2. The molecule has 0 aliphatic rings. The summed E-state index contributed by atoms with van der Waals surface area (Å²) < 4.78 is 0. The molecule has 0 atom stereocenters. The van der Waals surface area contributed by atoms with E-state index in [0.717, 1.165) is 32.9 Å². The number of rotatable bonds is 2. The summed E-state index contributed by atoms with van der Waals surface area (Å²) in [6.07, 6.45) is 3.60. The summed E-state index contributed by atoms with van der Waals surface area (Å²) in [7, 11) is 0. The zero-order valence-electron chi connectivity index (χ0n) is 13.0. The molecule has 3 nitrogen and oxygen atoms in total. The van der Waals surface area contributed by atoms with E-state index in [1.165, 1.54) is 0 Å². The van der Waals surface area contributed by atoms with Gasteiger partial charge in [-0.3, -0.25) is 9.78 Å². The molecule has 0 aliphatic carbocycles. The van der Waals surface area contributed by atoms with Crippen molar-refractivity contribution in [1.82, 2.24) is 9.97 Å². The molecule has 0 radical (unpaired) electrons. The van der Waals surface area contributed by atoms with Crippen LogP contribution in [0.25, 0.3) is 32.9 Å². The van der Waals surface area contributed by atoms with Crippen molar-refractivity contribution in [3.05, 3.63) is 71.5 Å². The van der Waals surface area contributed by atoms with Gasteiger partial charge in [0.1, 0.15) is 0 Å². The number of hydrogen-bond acceptors (Lipinski definition) is 3. The van der Waals surface area contributed by atoms with Crippen molar-refractivity contribution in [2.24, 2.45) is 0 Å². The number of halogens is 1. The Morgan fingerprint density at radius 3 is 2.50 bits per heavy atom. The molecule has 0 amide bonds. The van der Waals surface area contributed by atoms with Gasteiger partial charge in [0.15, 0.2) is 5.78 Å². The van der Waals surface area contributed by atoms with E-state index in [9.17, 15) is 4.79 Å². The maximum Gasteiger partial charge on any atom is 0.159 e. The summed E-state index contributed by atoms with van der Waals surface area (Å²) in [5.74, 6) is 0.0260. The van der Waals surface area contributed by atoms with Crippen LogP contribution in [0, 0.1) is 0 Å². The van der Waals surface area contributed by atoms with Gasteiger partial charge in [0.25, 0.3) is 0 Å². The molecule has 0 N–H and O–H groups in total. The van der Waals surface area contributed by atoms with Crippen LogP contribution in [0.4, 0.5) is 0 Å². The van der Waals surface area contributed by atoms with Crippen molar-refractivity contribution in [3.8, 4) is 11.3 Å². The minimum atomic E-state index is 0.0260. The number of Topliss-reactive ketones (excluding diaryl/α,β-unsaturated/α-hetero) is 1. The first-order valence-corrected chi connectivity index (χ1v) is 7.95. The van der Waals surface area contributed by atoms with E-state index in [2.05, 4.69) is 4.98 Å². The number of fused-ring (bicyclic) bond motifs is 3. The predicted molar refractivity (Wildman–Crippen MR) is 97.5 cm³/mol. The van der Waals surface area contributed by atoms with Gasteiger partial charge in [-0.2, -0.15) is 0 Å². The van der Waals surface area contributed by atoms with Gasteiger partial charge < -0.3 is 0 Å². The quantitative estimate of drug-likeness (QED) is 0.369. The van der Waals surface area contributed by atoms with E-state index in [1.807, 2.05) is 54.7 Å². The fourth-order valence-corrected chi connectivity index (χ4v) is 3.02. The molecule has 2 aromatic heterocycles. The number of nitrogens with zero attached hydrogens (tertiary/aromatic N) is 2. The Bertz CT molecular complexity index is 1090. The molecule has 0 unspecified atom stereocenters. The maximum atomic E-state index is 11.7. The first kappa shape index (κ1) is 14.8. The monoisotopic (exact) mass is 332 g/mol. The van der Waals surface area contributed by atoms with Crippen LogP contribution in [0.5, 0.6) is 0 Å². The lowest BCUT2D eigenvalue weighted by Crippen LogP contribution is -1.95. The van der Waals surface area contributed by atoms with Crippen molar-refractivity contribution in [3.63, 3.8) is 0 Å². The number of pyridine rings is 2. The largest absolute Gasteiger partial charge is 0.295 e. The number of carbonyl (C=O) groups is 1. The second-order valence-electron chi connectivity index (χ2n) is 5.68. The van der Waals surface area contributed by atoms with Crippen LogP contribution >= 0.6 is 11.6 Å². The zero-order chi connectivity index (χ0) is 16.7. The van der Waals surface area contributed by atoms with Gasteiger partial charge in [-0.25, -0.2) is 4.98 Å². The number of ketones is 1. The average molecular weight is 333 g/mol. The minimum Gasteiger partial charge on any atom is -0.295 e. The topological polar surface area (TPSA) is 42.9 Å². The maximum absolute atomic E-state index is 11.7. The van der Waals surface area contributed by atoms with Crippen molar-refractivity contribution >= 4 is 39.1 Å². The van der Waals surface area contributed by atoms with Gasteiger partial charge in [0.2, 0.25) is 0 Å². The lowest BCUT2D eigenvalue weighted by molar-refractivity contribution is 0.101. The van der Waals surface area contributed by atoms with E-state index in [1.54, 1.807) is 13.1 Å². The second kappa shape index (κ2) is 5.69. The molecule has 0 fully saturated rings. The molecule has 4 rings (SSSR count). The van der Waals surface area contributed by atoms with Gasteiger partial charge >= 0.3 is 0 Å². The SMILES string of the molecule is CC(=O)c1ccc2c(c1)nc(-c1ccc(Cl)cc1)c1ccncc12. The van der Waals surface area contributed by atoms with E-state index >= 15 is 0 Å². The summed E-state index contributed by atoms with van der Waals surface area (Å²) in [6.45, 7) is 1.56. The van der Waals surface area contributed by atoms with E-state index < -0.39 is 0 Å². The third-order valence-electron chi connectivity index (χ3n) is 4.12. The normalized spacial score (nSPS) is 11.1. The van der Waals surface area contributed by atoms with Crippen molar-refractivity contribution in [2.45, 2.75) is 6.92 Å². The van der Waals surface area contributed by atoms with Crippen LogP contribution in [0.1, 0.15) is 17.3 Å². The number of carbonyl (C=O) groups excluding carboxylic acids is 1. The highest BCUT2D eigenvalue weighted by Gasteiger charge is 2.11. The summed E-state index contributed by atoms with van der Waals surface area (Å²) in [5, 5.41) is 3.71. The average Bonchev–Trinajstić information content (AvgIpc) is 2.61. The van der Waals surface area contributed by atoms with Crippen LogP contribution in [0.15, 0.2) is 60.9 Å². The Hall–Kier alpha value is -2.78. The van der Waals surface area contributed by atoms with Crippen LogP contribution < -0.4 is 0 Å². The Labute approximate surface area is 143 Å². The first-order chi connectivity index (χ1) is 11.6. The van der Waals surface area contributed by atoms with Crippen LogP contribution in [0.3, 0.4) is 0 Å². The molecule has 0 aliphatic heterocycles. The number of aromatic nitrogens is 2. The molecular weight excluding hydrogens is 320 g/mol. The molecule has 4 heteroatoms. The first-order valence-electron chi connectivity index (χ1n) is 7.58. The van der Waals surface area contributed by atoms with Crippen LogP contribution in [0.2, 0.25) is 5.02 Å². The smallest absolute Gasteiger partial charge is 0.159 e. The Kier molecular flexibility index (Phi) is 3.51. The lowest BCUT2D eigenvalue weighted by atomic mass is 10.00. The molecule has 24 heavy (non-hydrogen) atoms. The van der Waals surface area contributed by atoms with Gasteiger partial charge in [0.05, 0.1) is 11.2 Å². The van der Waals surface area contributed by atoms with Gasteiger partial charge in [-0.05, 0) is 31.2 Å². The molecule has 0 bridgehead atoms. The fraction of sp³-hybridized carbons (Fsp3) is 0.0500. The highest BCUT2D eigenvalue weighted by molar-refractivity contribution is 6.30. The summed E-state index contributed by atoms with van der Waals surface area (Å²) >= 11 is 6.00. The Morgan fingerprint density at radius 2 is 1.75 bits per heavy atom. The van der Waals surface area contributed by atoms with E-state index in [-0.39, 0.29) is 5.78 Å². The van der Waals surface area contributed by atoms with E-state index in [0.29, 0.717) is 10.6 Å². The summed E-state index contributed by atoms with van der Waals surface area (Å²) in [5.41, 5.74) is 3.27. The number of benzene rings is 2. The lowest BCUT2D eigenvalue weighted by Gasteiger charge is -2.10. The second-order valence-corrected chi connectivity index (χ2v) is 6.11. The molecule has 2 heterocycles. The minimum absolute atomic E-state index is 0.0260. The van der Waals surface area contributed by atoms with Crippen LogP contribution in [-0.2, 0) is 0 Å². The summed E-state index contributed by atoms with van der Waals surface area (Å²) in [4.78, 5) is 20.8. The molecular formula is C20H13ClN2O. The molecule has 4 aromatic rings. The third-order valence-corrected chi connectivity index (χ3v) is 4.37. The molecule has 0 saturated heterocycles. The molecule has 0 spiro atoms. The molecule has 2 aromatic carbocycles. The predicted octanol–water partition coefficient (Wildman–Crippen LogP) is 5.31. The fourth-order valence-electron chi connectivity index (χ4n) is 2.89. The van der Waals surface area contributed by atoms with Gasteiger partial charge in [-0.15, -0.1) is 0 Å². The van der Waals surface area contributed by atoms with Crippen molar-refractivity contribution in [2.75, 3.05) is 0 Å².